The Morgan fingerprint density at radius 2 is 1.30 bits per heavy atom. The van der Waals surface area contributed by atoms with Crippen molar-refractivity contribution in [3.8, 4) is 11.8 Å². The fourth-order valence-corrected chi connectivity index (χ4v) is 2.83. The second-order valence-corrected chi connectivity index (χ2v) is 6.57. The van der Waals surface area contributed by atoms with Crippen LogP contribution in [0, 0.1) is 6.92 Å². The van der Waals surface area contributed by atoms with E-state index in [1.54, 1.807) is 0 Å². The molecule has 0 saturated heterocycles. The van der Waals surface area contributed by atoms with E-state index in [4.69, 9.17) is 9.47 Å². The van der Waals surface area contributed by atoms with E-state index in [-0.39, 0.29) is 34.0 Å². The first-order chi connectivity index (χ1) is 12.1. The molecule has 0 aliphatic carbocycles. The highest BCUT2D eigenvalue weighted by Crippen LogP contribution is 2.16. The van der Waals surface area contributed by atoms with Crippen molar-refractivity contribution >= 4 is 0 Å². The summed E-state index contributed by atoms with van der Waals surface area (Å²) >= 11 is 0. The molecule has 0 spiro atoms. The molecule has 0 aliphatic rings. The molecule has 6 nitrogen and oxygen atoms in total. The lowest BCUT2D eigenvalue weighted by Crippen LogP contribution is -3.00. The maximum Gasteiger partial charge on any atom is 0.236 e. The van der Waals surface area contributed by atoms with Crippen molar-refractivity contribution in [1.82, 2.24) is 10.2 Å². The smallest absolute Gasteiger partial charge is 0.236 e. The van der Waals surface area contributed by atoms with Gasteiger partial charge in [0.2, 0.25) is 11.8 Å². The number of aryl methyl sites for hydroxylation is 1. The highest BCUT2D eigenvalue weighted by Gasteiger charge is 2.09. The molecule has 1 aromatic rings. The monoisotopic (exact) mass is 512 g/mol. The van der Waals surface area contributed by atoms with E-state index in [1.807, 2.05) is 13.0 Å². The quantitative estimate of drug-likeness (QED) is 0.244. The molecule has 8 heteroatoms. The van der Waals surface area contributed by atoms with Gasteiger partial charge in [-0.05, 0) is 32.6 Å². The minimum absolute atomic E-state index is 0. The van der Waals surface area contributed by atoms with Gasteiger partial charge in [-0.15, -0.1) is 10.2 Å². The van der Waals surface area contributed by atoms with Gasteiger partial charge >= 0.3 is 0 Å². The fourth-order valence-electron chi connectivity index (χ4n) is 2.83. The second kappa shape index (κ2) is 17.6. The summed E-state index contributed by atoms with van der Waals surface area (Å²) in [4.78, 5) is 0. The molecule has 4 N–H and O–H groups in total. The van der Waals surface area contributed by atoms with Gasteiger partial charge in [-0.1, -0.05) is 27.7 Å². The van der Waals surface area contributed by atoms with Crippen LogP contribution in [0.1, 0.15) is 58.9 Å². The van der Waals surface area contributed by atoms with Gasteiger partial charge in [-0.25, -0.2) is 0 Å². The van der Waals surface area contributed by atoms with E-state index in [0.717, 1.165) is 18.7 Å². The molecule has 0 bridgehead atoms. The summed E-state index contributed by atoms with van der Waals surface area (Å²) in [6.07, 6.45) is 4.76. The Hall–Kier alpha value is -0.440. The Labute approximate surface area is 186 Å². The molecular formula is C19H38Br2N4O2. The molecular weight excluding hydrogens is 476 g/mol. The topological polar surface area (TPSA) is 77.5 Å². The third-order valence-corrected chi connectivity index (χ3v) is 4.74. The number of nitrogens with two attached hydrogens (primary N) is 2. The summed E-state index contributed by atoms with van der Waals surface area (Å²) in [6, 6.07) is 3.27. The molecule has 0 aromatic carbocycles. The van der Waals surface area contributed by atoms with Crippen LogP contribution in [0.4, 0.5) is 0 Å². The number of rotatable bonds is 14. The van der Waals surface area contributed by atoms with Gasteiger partial charge in [0.1, 0.15) is 26.3 Å². The van der Waals surface area contributed by atoms with Crippen LogP contribution < -0.4 is 54.1 Å². The Balaban J connectivity index is 0. The highest BCUT2D eigenvalue weighted by atomic mass is 79.9. The summed E-state index contributed by atoms with van der Waals surface area (Å²) in [6.45, 7) is 14.1. The van der Waals surface area contributed by atoms with Crippen molar-refractivity contribution < 1.29 is 54.1 Å². The lowest BCUT2D eigenvalue weighted by Gasteiger charge is -2.13. The predicted molar refractivity (Wildman–Crippen MR) is 100 cm³/mol. The lowest BCUT2D eigenvalue weighted by atomic mass is 10.2. The molecule has 1 heterocycles. The third-order valence-electron chi connectivity index (χ3n) is 4.74. The van der Waals surface area contributed by atoms with Crippen molar-refractivity contribution in [3.05, 3.63) is 11.6 Å². The summed E-state index contributed by atoms with van der Waals surface area (Å²) in [5.74, 6) is 1.18. The fraction of sp³-hybridized carbons (Fsp3) is 0.789. The van der Waals surface area contributed by atoms with E-state index in [0.29, 0.717) is 37.1 Å². The van der Waals surface area contributed by atoms with Gasteiger partial charge in [0.15, 0.2) is 0 Å². The molecule has 160 valence electrons. The molecule has 0 radical (unpaired) electrons. The minimum atomic E-state index is 0. The summed E-state index contributed by atoms with van der Waals surface area (Å²) in [5.41, 5.74) is 0.969. The Bertz CT molecular complexity index is 473. The number of aromatic nitrogens is 2. The largest absolute Gasteiger partial charge is 1.00 e. The van der Waals surface area contributed by atoms with Gasteiger partial charge in [0, 0.05) is 11.6 Å². The van der Waals surface area contributed by atoms with Gasteiger partial charge < -0.3 is 54.1 Å². The predicted octanol–water partition coefficient (Wildman–Crippen LogP) is -4.95. The number of nitrogens with zero attached hydrogens (tertiary/aromatic N) is 2. The first-order valence-electron chi connectivity index (χ1n) is 9.90. The van der Waals surface area contributed by atoms with E-state index in [1.165, 1.54) is 25.7 Å². The van der Waals surface area contributed by atoms with Gasteiger partial charge in [0.05, 0.1) is 12.1 Å². The summed E-state index contributed by atoms with van der Waals surface area (Å²) < 4.78 is 11.5. The zero-order chi connectivity index (χ0) is 18.5. The summed E-state index contributed by atoms with van der Waals surface area (Å²) in [5, 5.41) is 13.0. The van der Waals surface area contributed by atoms with E-state index >= 15 is 0 Å². The number of hydrogen-bond donors (Lipinski definition) is 2. The maximum absolute atomic E-state index is 5.75. The molecule has 0 aliphatic heterocycles. The standard InChI is InChI=1S/C19H36N4O2.2BrH/c1-6-16(7-2)20-10-12-24-18-14-15(5)19(23-22-18)25-13-11-21-17(8-3)9-4;;/h14,16-17,20-21H,6-13H2,1-5H3;2*1H. The highest BCUT2D eigenvalue weighted by molar-refractivity contribution is 5.27. The normalized spacial score (nSPS) is 10.5. The first kappa shape index (κ1) is 28.8. The van der Waals surface area contributed by atoms with Crippen LogP contribution in [0.5, 0.6) is 11.8 Å². The maximum atomic E-state index is 5.75. The van der Waals surface area contributed by atoms with Crippen molar-refractivity contribution in [2.24, 2.45) is 0 Å². The Morgan fingerprint density at radius 1 is 0.815 bits per heavy atom. The molecule has 0 amide bonds. The average molecular weight is 514 g/mol. The first-order valence-corrected chi connectivity index (χ1v) is 9.90. The minimum Gasteiger partial charge on any atom is -1.00 e. The number of halogens is 2. The Morgan fingerprint density at radius 3 is 1.74 bits per heavy atom. The van der Waals surface area contributed by atoms with Crippen LogP contribution in [-0.2, 0) is 0 Å². The number of ether oxygens (including phenoxy) is 2. The lowest BCUT2D eigenvalue weighted by molar-refractivity contribution is -0.690. The zero-order valence-electron chi connectivity index (χ0n) is 17.5. The molecule has 1 aromatic heterocycles. The van der Waals surface area contributed by atoms with Crippen LogP contribution in [0.3, 0.4) is 0 Å². The van der Waals surface area contributed by atoms with Gasteiger partial charge in [-0.2, -0.15) is 0 Å². The molecule has 1 rings (SSSR count). The molecule has 0 atom stereocenters. The van der Waals surface area contributed by atoms with E-state index < -0.39 is 0 Å². The van der Waals surface area contributed by atoms with Crippen LogP contribution >= 0.6 is 0 Å². The van der Waals surface area contributed by atoms with Crippen LogP contribution in [-0.4, -0.2) is 48.6 Å². The average Bonchev–Trinajstić information content (AvgIpc) is 2.63. The van der Waals surface area contributed by atoms with Crippen molar-refractivity contribution in [2.75, 3.05) is 26.3 Å². The van der Waals surface area contributed by atoms with Crippen molar-refractivity contribution in [1.29, 1.82) is 0 Å². The van der Waals surface area contributed by atoms with Crippen LogP contribution in [0.2, 0.25) is 0 Å². The summed E-state index contributed by atoms with van der Waals surface area (Å²) in [7, 11) is 0. The zero-order valence-corrected chi connectivity index (χ0v) is 20.7. The second-order valence-electron chi connectivity index (χ2n) is 6.57. The Kier molecular flexibility index (Phi) is 18.8. The SMILES string of the molecule is CCC(CC)[NH2+]CCOc1cc(C)c(OCC[NH2+]C(CC)CC)nn1.[Br-].[Br-]. The number of hydrogen-bond acceptors (Lipinski definition) is 4. The van der Waals surface area contributed by atoms with Crippen molar-refractivity contribution in [2.45, 2.75) is 72.4 Å². The molecule has 0 fully saturated rings. The van der Waals surface area contributed by atoms with Crippen LogP contribution in [0.25, 0.3) is 0 Å². The van der Waals surface area contributed by atoms with E-state index in [2.05, 4.69) is 48.5 Å². The molecule has 0 saturated carbocycles. The molecule has 27 heavy (non-hydrogen) atoms. The molecule has 0 unspecified atom stereocenters. The number of quaternary nitrogens is 2. The van der Waals surface area contributed by atoms with Crippen LogP contribution in [0.15, 0.2) is 6.07 Å². The van der Waals surface area contributed by atoms with Gasteiger partial charge in [-0.3, -0.25) is 0 Å². The van der Waals surface area contributed by atoms with Gasteiger partial charge in [0.25, 0.3) is 0 Å². The van der Waals surface area contributed by atoms with Crippen molar-refractivity contribution in [3.63, 3.8) is 0 Å². The third kappa shape index (κ3) is 11.9. The van der Waals surface area contributed by atoms with E-state index in [9.17, 15) is 0 Å².